The van der Waals surface area contributed by atoms with Crippen LogP contribution in [0.1, 0.15) is 30.1 Å². The summed E-state index contributed by atoms with van der Waals surface area (Å²) >= 11 is 0. The average molecular weight is 304 g/mol. The fourth-order valence-corrected chi connectivity index (χ4v) is 2.98. The van der Waals surface area contributed by atoms with E-state index in [0.717, 1.165) is 44.8 Å². The summed E-state index contributed by atoms with van der Waals surface area (Å²) in [4.78, 5) is 14.5. The Morgan fingerprint density at radius 2 is 2.41 bits per heavy atom. The first kappa shape index (κ1) is 15.3. The van der Waals surface area contributed by atoms with Gasteiger partial charge in [-0.25, -0.2) is 0 Å². The quantitative estimate of drug-likeness (QED) is 0.919. The minimum absolute atomic E-state index is 0.0796. The van der Waals surface area contributed by atoms with E-state index in [1.807, 2.05) is 29.2 Å². The van der Waals surface area contributed by atoms with Gasteiger partial charge in [-0.3, -0.25) is 4.79 Å². The van der Waals surface area contributed by atoms with E-state index in [1.54, 1.807) is 0 Å². The van der Waals surface area contributed by atoms with Crippen molar-refractivity contribution in [2.45, 2.75) is 31.9 Å². The Morgan fingerprint density at radius 1 is 1.50 bits per heavy atom. The van der Waals surface area contributed by atoms with Gasteiger partial charge in [0.05, 0.1) is 6.10 Å². The Hall–Kier alpha value is -1.59. The molecule has 1 N–H and O–H groups in total. The summed E-state index contributed by atoms with van der Waals surface area (Å²) < 4.78 is 11.3. The van der Waals surface area contributed by atoms with Crippen molar-refractivity contribution < 1.29 is 14.3 Å². The van der Waals surface area contributed by atoms with Crippen LogP contribution < -0.4 is 10.1 Å². The first-order valence-electron chi connectivity index (χ1n) is 8.09. The Morgan fingerprint density at radius 3 is 3.18 bits per heavy atom. The van der Waals surface area contributed by atoms with E-state index in [4.69, 9.17) is 9.47 Å². The molecule has 0 spiro atoms. The van der Waals surface area contributed by atoms with Crippen molar-refractivity contribution in [3.8, 4) is 5.75 Å². The Kier molecular flexibility index (Phi) is 4.95. The van der Waals surface area contributed by atoms with Crippen LogP contribution >= 0.6 is 0 Å². The van der Waals surface area contributed by atoms with Gasteiger partial charge in [-0.15, -0.1) is 0 Å². The van der Waals surface area contributed by atoms with Gasteiger partial charge in [0.25, 0.3) is 5.91 Å². The molecular formula is C17H24N2O3. The highest BCUT2D eigenvalue weighted by Gasteiger charge is 2.22. The lowest BCUT2D eigenvalue weighted by atomic mass is 10.1. The number of carbonyl (C=O) groups excluding carboxylic acids is 1. The molecule has 3 rings (SSSR count). The van der Waals surface area contributed by atoms with E-state index in [2.05, 4.69) is 12.2 Å². The highest BCUT2D eigenvalue weighted by atomic mass is 16.5. The number of nitrogens with one attached hydrogen (secondary N) is 1. The molecule has 5 heteroatoms. The van der Waals surface area contributed by atoms with Gasteiger partial charge in [0, 0.05) is 37.8 Å². The summed E-state index contributed by atoms with van der Waals surface area (Å²) in [7, 11) is 0. The summed E-state index contributed by atoms with van der Waals surface area (Å²) in [5.41, 5.74) is 0.693. The van der Waals surface area contributed by atoms with Crippen LogP contribution in [0.3, 0.4) is 0 Å². The fourth-order valence-electron chi connectivity index (χ4n) is 2.98. The van der Waals surface area contributed by atoms with Crippen molar-refractivity contribution in [1.82, 2.24) is 10.2 Å². The number of piperazine rings is 1. The monoisotopic (exact) mass is 304 g/mol. The van der Waals surface area contributed by atoms with Crippen molar-refractivity contribution >= 4 is 5.91 Å². The molecule has 0 aromatic heterocycles. The zero-order chi connectivity index (χ0) is 15.4. The molecule has 1 amide bonds. The van der Waals surface area contributed by atoms with Crippen LogP contribution in [0.25, 0.3) is 0 Å². The molecule has 22 heavy (non-hydrogen) atoms. The number of rotatable bonds is 4. The minimum Gasteiger partial charge on any atom is -0.491 e. The highest BCUT2D eigenvalue weighted by molar-refractivity contribution is 5.94. The van der Waals surface area contributed by atoms with Crippen molar-refractivity contribution in [1.29, 1.82) is 0 Å². The Balaban J connectivity index is 1.61. The molecule has 2 atom stereocenters. The molecule has 1 aromatic rings. The summed E-state index contributed by atoms with van der Waals surface area (Å²) in [6.07, 6.45) is 2.35. The van der Waals surface area contributed by atoms with E-state index < -0.39 is 0 Å². The number of ether oxygens (including phenoxy) is 2. The second-order valence-electron chi connectivity index (χ2n) is 6.08. The maximum atomic E-state index is 12.6. The van der Waals surface area contributed by atoms with Crippen LogP contribution in [0, 0.1) is 0 Å². The lowest BCUT2D eigenvalue weighted by Crippen LogP contribution is -2.51. The largest absolute Gasteiger partial charge is 0.491 e. The molecule has 120 valence electrons. The molecule has 0 aliphatic carbocycles. The SMILES string of the molecule is C[C@@H]1CN(C(=O)c2cccc(OC[C@@H]3CCCO3)c2)CCN1. The van der Waals surface area contributed by atoms with E-state index >= 15 is 0 Å². The lowest BCUT2D eigenvalue weighted by molar-refractivity contribution is 0.0674. The second-order valence-corrected chi connectivity index (χ2v) is 6.08. The number of amides is 1. The summed E-state index contributed by atoms with van der Waals surface area (Å²) in [6, 6.07) is 7.81. The van der Waals surface area contributed by atoms with Crippen molar-refractivity contribution in [2.75, 3.05) is 32.8 Å². The fraction of sp³-hybridized carbons (Fsp3) is 0.588. The number of hydrogen-bond donors (Lipinski definition) is 1. The Bertz CT molecular complexity index is 514. The molecule has 2 aliphatic rings. The second kappa shape index (κ2) is 7.11. The highest BCUT2D eigenvalue weighted by Crippen LogP contribution is 2.18. The Labute approximate surface area is 131 Å². The molecule has 0 saturated carbocycles. The molecule has 2 aliphatic heterocycles. The standard InChI is InChI=1S/C17H24N2O3/c1-13-11-19(8-7-18-13)17(20)14-4-2-5-15(10-14)22-12-16-6-3-9-21-16/h2,4-5,10,13,16,18H,3,6-9,11-12H2,1H3/t13-,16+/m1/s1. The third kappa shape index (κ3) is 3.78. The normalized spacial score (nSPS) is 25.2. The first-order chi connectivity index (χ1) is 10.7. The molecular weight excluding hydrogens is 280 g/mol. The maximum absolute atomic E-state index is 12.6. The van der Waals surface area contributed by atoms with Crippen LogP contribution in [-0.4, -0.2) is 55.8 Å². The zero-order valence-electron chi connectivity index (χ0n) is 13.1. The minimum atomic E-state index is 0.0796. The van der Waals surface area contributed by atoms with Crippen LogP contribution in [0.2, 0.25) is 0 Å². The van der Waals surface area contributed by atoms with Gasteiger partial charge < -0.3 is 19.7 Å². The third-order valence-corrected chi connectivity index (χ3v) is 4.20. The van der Waals surface area contributed by atoms with E-state index in [0.29, 0.717) is 18.2 Å². The molecule has 0 radical (unpaired) electrons. The van der Waals surface area contributed by atoms with Crippen molar-refractivity contribution in [2.24, 2.45) is 0 Å². The number of nitrogens with zero attached hydrogens (tertiary/aromatic N) is 1. The molecule has 2 saturated heterocycles. The molecule has 2 heterocycles. The number of benzene rings is 1. The zero-order valence-corrected chi connectivity index (χ0v) is 13.1. The smallest absolute Gasteiger partial charge is 0.254 e. The van der Waals surface area contributed by atoms with Gasteiger partial charge in [-0.1, -0.05) is 6.07 Å². The van der Waals surface area contributed by atoms with Gasteiger partial charge in [0.1, 0.15) is 12.4 Å². The van der Waals surface area contributed by atoms with Gasteiger partial charge in [-0.2, -0.15) is 0 Å². The van der Waals surface area contributed by atoms with Crippen LogP contribution in [0.4, 0.5) is 0 Å². The summed E-state index contributed by atoms with van der Waals surface area (Å²) in [6.45, 7) is 5.84. The molecule has 2 fully saturated rings. The summed E-state index contributed by atoms with van der Waals surface area (Å²) in [5.74, 6) is 0.820. The maximum Gasteiger partial charge on any atom is 0.254 e. The third-order valence-electron chi connectivity index (χ3n) is 4.20. The van der Waals surface area contributed by atoms with E-state index in [-0.39, 0.29) is 12.0 Å². The number of carbonyl (C=O) groups is 1. The van der Waals surface area contributed by atoms with Gasteiger partial charge in [0.15, 0.2) is 0 Å². The molecule has 5 nitrogen and oxygen atoms in total. The van der Waals surface area contributed by atoms with E-state index in [9.17, 15) is 4.79 Å². The van der Waals surface area contributed by atoms with Gasteiger partial charge >= 0.3 is 0 Å². The number of hydrogen-bond acceptors (Lipinski definition) is 4. The predicted octanol–water partition coefficient (Wildman–Crippen LogP) is 1.68. The van der Waals surface area contributed by atoms with Crippen molar-refractivity contribution in [3.63, 3.8) is 0 Å². The van der Waals surface area contributed by atoms with E-state index in [1.165, 1.54) is 0 Å². The van der Waals surface area contributed by atoms with Crippen LogP contribution in [0.5, 0.6) is 5.75 Å². The predicted molar refractivity (Wildman–Crippen MR) is 84.3 cm³/mol. The molecule has 0 unspecified atom stereocenters. The molecule has 1 aromatic carbocycles. The lowest BCUT2D eigenvalue weighted by Gasteiger charge is -2.32. The molecule has 0 bridgehead atoms. The van der Waals surface area contributed by atoms with Gasteiger partial charge in [-0.05, 0) is 38.0 Å². The van der Waals surface area contributed by atoms with Crippen LogP contribution in [-0.2, 0) is 4.74 Å². The topological polar surface area (TPSA) is 50.8 Å². The van der Waals surface area contributed by atoms with Gasteiger partial charge in [0.2, 0.25) is 0 Å². The first-order valence-corrected chi connectivity index (χ1v) is 8.09. The van der Waals surface area contributed by atoms with Crippen LogP contribution in [0.15, 0.2) is 24.3 Å². The average Bonchev–Trinajstić information content (AvgIpc) is 3.06. The summed E-state index contributed by atoms with van der Waals surface area (Å²) in [5, 5.41) is 3.35. The van der Waals surface area contributed by atoms with Crippen molar-refractivity contribution in [3.05, 3.63) is 29.8 Å².